The van der Waals surface area contributed by atoms with Crippen molar-refractivity contribution in [2.24, 2.45) is 0 Å². The van der Waals surface area contributed by atoms with E-state index in [4.69, 9.17) is 4.42 Å². The number of piperazine rings is 1. The van der Waals surface area contributed by atoms with Crippen LogP contribution in [0.2, 0.25) is 0 Å². The Morgan fingerprint density at radius 2 is 2.57 bits per heavy atom. The molecule has 2 heterocycles. The molecule has 1 aliphatic heterocycles. The summed E-state index contributed by atoms with van der Waals surface area (Å²) < 4.78 is 5.18. The Hall–Kier alpha value is -1.36. The number of oxazole rings is 1. The molecular formula is C9H13N3O2. The number of carbonyl (C=O) groups is 1. The predicted octanol–water partition coefficient (Wildman–Crippen LogP) is 0.214. The Morgan fingerprint density at radius 1 is 1.71 bits per heavy atom. The standard InChI is InChI=1S/C9H13N3O2/c1-2-6-8(13)11-5-7(12-6)9-10-3-4-14-9/h3-4,6-7,12H,2,5H2,1H3,(H,11,13). The SMILES string of the molecule is CCC1NC(c2ncco2)CNC1=O. The largest absolute Gasteiger partial charge is 0.447 e. The van der Waals surface area contributed by atoms with Gasteiger partial charge in [-0.1, -0.05) is 6.92 Å². The third-order valence-electron chi connectivity index (χ3n) is 2.36. The molecule has 5 nitrogen and oxygen atoms in total. The number of aromatic nitrogens is 1. The lowest BCUT2D eigenvalue weighted by atomic mass is 10.1. The second-order valence-electron chi connectivity index (χ2n) is 3.30. The molecule has 0 saturated carbocycles. The normalized spacial score (nSPS) is 27.4. The highest BCUT2D eigenvalue weighted by Gasteiger charge is 2.29. The number of nitrogens with one attached hydrogen (secondary N) is 2. The van der Waals surface area contributed by atoms with Gasteiger partial charge in [0.2, 0.25) is 11.8 Å². The second kappa shape index (κ2) is 3.79. The van der Waals surface area contributed by atoms with Gasteiger partial charge in [-0.3, -0.25) is 10.1 Å². The molecule has 5 heteroatoms. The van der Waals surface area contributed by atoms with Crippen LogP contribution < -0.4 is 10.6 Å². The number of carbonyl (C=O) groups excluding carboxylic acids is 1. The first-order valence-electron chi connectivity index (χ1n) is 4.74. The fourth-order valence-electron chi connectivity index (χ4n) is 1.57. The Balaban J connectivity index is 2.06. The molecule has 1 aromatic rings. The van der Waals surface area contributed by atoms with Crippen molar-refractivity contribution in [3.05, 3.63) is 18.4 Å². The van der Waals surface area contributed by atoms with Gasteiger partial charge in [-0.2, -0.15) is 0 Å². The Kier molecular flexibility index (Phi) is 2.49. The van der Waals surface area contributed by atoms with Crippen LogP contribution in [-0.4, -0.2) is 23.5 Å². The molecular weight excluding hydrogens is 182 g/mol. The van der Waals surface area contributed by atoms with Gasteiger partial charge in [0.25, 0.3) is 0 Å². The summed E-state index contributed by atoms with van der Waals surface area (Å²) in [4.78, 5) is 15.4. The smallest absolute Gasteiger partial charge is 0.237 e. The van der Waals surface area contributed by atoms with Crippen LogP contribution in [0.1, 0.15) is 25.3 Å². The van der Waals surface area contributed by atoms with E-state index in [1.165, 1.54) is 6.26 Å². The van der Waals surface area contributed by atoms with Crippen LogP contribution in [0.15, 0.2) is 16.9 Å². The Labute approximate surface area is 81.9 Å². The molecule has 76 valence electrons. The molecule has 1 aromatic heterocycles. The highest BCUT2D eigenvalue weighted by atomic mass is 16.3. The van der Waals surface area contributed by atoms with Crippen LogP contribution in [0.4, 0.5) is 0 Å². The molecule has 1 saturated heterocycles. The molecule has 1 fully saturated rings. The summed E-state index contributed by atoms with van der Waals surface area (Å²) in [6.07, 6.45) is 3.91. The van der Waals surface area contributed by atoms with Gasteiger partial charge in [0, 0.05) is 6.54 Å². The third-order valence-corrected chi connectivity index (χ3v) is 2.36. The lowest BCUT2D eigenvalue weighted by Gasteiger charge is -2.28. The van der Waals surface area contributed by atoms with Gasteiger partial charge in [-0.15, -0.1) is 0 Å². The quantitative estimate of drug-likeness (QED) is 0.708. The van der Waals surface area contributed by atoms with E-state index in [1.807, 2.05) is 6.92 Å². The zero-order valence-electron chi connectivity index (χ0n) is 7.99. The van der Waals surface area contributed by atoms with E-state index in [0.29, 0.717) is 12.4 Å². The van der Waals surface area contributed by atoms with Gasteiger partial charge in [0.15, 0.2) is 0 Å². The van der Waals surface area contributed by atoms with Crippen LogP contribution in [-0.2, 0) is 4.79 Å². The van der Waals surface area contributed by atoms with Crippen molar-refractivity contribution < 1.29 is 9.21 Å². The minimum Gasteiger partial charge on any atom is -0.447 e. The highest BCUT2D eigenvalue weighted by Crippen LogP contribution is 2.14. The molecule has 2 atom stereocenters. The van der Waals surface area contributed by atoms with Crippen molar-refractivity contribution in [1.82, 2.24) is 15.6 Å². The molecule has 0 aliphatic carbocycles. The van der Waals surface area contributed by atoms with Crippen molar-refractivity contribution in [3.63, 3.8) is 0 Å². The first-order chi connectivity index (χ1) is 6.81. The first kappa shape index (κ1) is 9.21. The molecule has 2 unspecified atom stereocenters. The average Bonchev–Trinajstić information content (AvgIpc) is 2.71. The van der Waals surface area contributed by atoms with Crippen molar-refractivity contribution in [2.75, 3.05) is 6.54 Å². The second-order valence-corrected chi connectivity index (χ2v) is 3.30. The molecule has 0 radical (unpaired) electrons. The minimum absolute atomic E-state index is 0.00681. The van der Waals surface area contributed by atoms with Gasteiger partial charge in [0.1, 0.15) is 12.3 Å². The molecule has 1 aliphatic rings. The Morgan fingerprint density at radius 3 is 3.21 bits per heavy atom. The summed E-state index contributed by atoms with van der Waals surface area (Å²) in [6, 6.07) is -0.145. The summed E-state index contributed by atoms with van der Waals surface area (Å²) in [6.45, 7) is 2.50. The highest BCUT2D eigenvalue weighted by molar-refractivity contribution is 5.82. The topological polar surface area (TPSA) is 67.2 Å². The van der Waals surface area contributed by atoms with Gasteiger partial charge >= 0.3 is 0 Å². The van der Waals surface area contributed by atoms with Gasteiger partial charge in [-0.05, 0) is 6.42 Å². The van der Waals surface area contributed by atoms with E-state index >= 15 is 0 Å². The molecule has 14 heavy (non-hydrogen) atoms. The van der Waals surface area contributed by atoms with Crippen LogP contribution in [0.3, 0.4) is 0 Å². The van der Waals surface area contributed by atoms with Gasteiger partial charge in [0.05, 0.1) is 12.2 Å². The fourth-order valence-corrected chi connectivity index (χ4v) is 1.57. The average molecular weight is 195 g/mol. The van der Waals surface area contributed by atoms with Gasteiger partial charge < -0.3 is 9.73 Å². The molecule has 1 amide bonds. The number of hydrogen-bond acceptors (Lipinski definition) is 4. The molecule has 2 rings (SSSR count). The summed E-state index contributed by atoms with van der Waals surface area (Å²) in [5.41, 5.74) is 0. The van der Waals surface area contributed by atoms with Crippen LogP contribution >= 0.6 is 0 Å². The molecule has 0 aromatic carbocycles. The third kappa shape index (κ3) is 1.63. The van der Waals surface area contributed by atoms with Crippen LogP contribution in [0.25, 0.3) is 0 Å². The van der Waals surface area contributed by atoms with Crippen molar-refractivity contribution >= 4 is 5.91 Å². The lowest BCUT2D eigenvalue weighted by molar-refractivity contribution is -0.125. The lowest BCUT2D eigenvalue weighted by Crippen LogP contribution is -2.54. The summed E-state index contributed by atoms with van der Waals surface area (Å²) in [5.74, 6) is 0.679. The van der Waals surface area contributed by atoms with Crippen LogP contribution in [0.5, 0.6) is 0 Å². The van der Waals surface area contributed by atoms with E-state index in [1.54, 1.807) is 6.20 Å². The maximum atomic E-state index is 11.3. The first-order valence-corrected chi connectivity index (χ1v) is 4.74. The van der Waals surface area contributed by atoms with E-state index in [9.17, 15) is 4.79 Å². The maximum Gasteiger partial charge on any atom is 0.237 e. The van der Waals surface area contributed by atoms with Crippen molar-refractivity contribution in [1.29, 1.82) is 0 Å². The number of amides is 1. The van der Waals surface area contributed by atoms with Crippen LogP contribution in [0, 0.1) is 0 Å². The Bertz CT molecular complexity index is 310. The van der Waals surface area contributed by atoms with E-state index in [-0.39, 0.29) is 18.0 Å². The molecule has 0 bridgehead atoms. The fraction of sp³-hybridized carbons (Fsp3) is 0.556. The summed E-state index contributed by atoms with van der Waals surface area (Å²) >= 11 is 0. The van der Waals surface area contributed by atoms with Crippen molar-refractivity contribution in [3.8, 4) is 0 Å². The summed E-state index contributed by atoms with van der Waals surface area (Å²) in [7, 11) is 0. The van der Waals surface area contributed by atoms with E-state index in [0.717, 1.165) is 6.42 Å². The van der Waals surface area contributed by atoms with Crippen molar-refractivity contribution in [2.45, 2.75) is 25.4 Å². The molecule has 2 N–H and O–H groups in total. The monoisotopic (exact) mass is 195 g/mol. The maximum absolute atomic E-state index is 11.3. The van der Waals surface area contributed by atoms with E-state index in [2.05, 4.69) is 15.6 Å². The van der Waals surface area contributed by atoms with Gasteiger partial charge in [-0.25, -0.2) is 4.98 Å². The molecule has 0 spiro atoms. The number of rotatable bonds is 2. The number of nitrogens with zero attached hydrogens (tertiary/aromatic N) is 1. The minimum atomic E-state index is -0.138. The summed E-state index contributed by atoms with van der Waals surface area (Å²) in [5, 5.41) is 6.01. The number of hydrogen-bond donors (Lipinski definition) is 2. The predicted molar refractivity (Wildman–Crippen MR) is 49.5 cm³/mol. The van der Waals surface area contributed by atoms with E-state index < -0.39 is 0 Å². The zero-order valence-corrected chi connectivity index (χ0v) is 7.99. The zero-order chi connectivity index (χ0) is 9.97.